The Morgan fingerprint density at radius 1 is 1.07 bits per heavy atom. The first-order chi connectivity index (χ1) is 13.2. The van der Waals surface area contributed by atoms with Gasteiger partial charge in [-0.15, -0.1) is 0 Å². The highest BCUT2D eigenvalue weighted by Gasteiger charge is 2.34. The fourth-order valence-corrected chi connectivity index (χ4v) is 4.68. The number of hydrogen-bond acceptors (Lipinski definition) is 3. The van der Waals surface area contributed by atoms with Crippen LogP contribution in [-0.2, 0) is 21.0 Å². The van der Waals surface area contributed by atoms with Crippen LogP contribution in [0.25, 0.3) is 0 Å². The maximum Gasteiger partial charge on any atom is 0.416 e. The first-order valence-electron chi connectivity index (χ1n) is 8.71. The predicted octanol–water partition coefficient (Wildman–Crippen LogP) is 3.74. The van der Waals surface area contributed by atoms with Gasteiger partial charge in [-0.2, -0.15) is 17.5 Å². The Labute approximate surface area is 161 Å². The Balaban J connectivity index is 1.72. The molecule has 1 aliphatic rings. The topological polar surface area (TPSA) is 66.5 Å². The zero-order chi connectivity index (χ0) is 20.4. The first kappa shape index (κ1) is 20.3. The van der Waals surface area contributed by atoms with E-state index in [1.165, 1.54) is 28.6 Å². The van der Waals surface area contributed by atoms with Crippen LogP contribution < -0.4 is 5.32 Å². The monoisotopic (exact) mass is 412 g/mol. The van der Waals surface area contributed by atoms with Gasteiger partial charge in [0.25, 0.3) is 0 Å². The maximum absolute atomic E-state index is 12.8. The molecule has 1 aliphatic heterocycles. The zero-order valence-corrected chi connectivity index (χ0v) is 15.6. The van der Waals surface area contributed by atoms with E-state index < -0.39 is 33.6 Å². The van der Waals surface area contributed by atoms with Crippen LogP contribution in [-0.4, -0.2) is 31.7 Å². The average Bonchev–Trinajstić information content (AvgIpc) is 2.68. The van der Waals surface area contributed by atoms with Gasteiger partial charge in [0, 0.05) is 18.8 Å². The quantitative estimate of drug-likeness (QED) is 0.832. The van der Waals surface area contributed by atoms with Gasteiger partial charge in [0.1, 0.15) is 0 Å². The SMILES string of the molecule is O=C(Nc1cccc(C(F)(F)F)c1)[C@@H]1CCCN(S(=O)(=O)c2ccccc2)C1. The summed E-state index contributed by atoms with van der Waals surface area (Å²) in [5.74, 6) is -1.13. The van der Waals surface area contributed by atoms with Crippen LogP contribution in [0.2, 0.25) is 0 Å². The number of amides is 1. The van der Waals surface area contributed by atoms with E-state index in [1.807, 2.05) is 0 Å². The van der Waals surface area contributed by atoms with Crippen molar-refractivity contribution in [2.75, 3.05) is 18.4 Å². The molecule has 0 aromatic heterocycles. The van der Waals surface area contributed by atoms with Gasteiger partial charge >= 0.3 is 6.18 Å². The molecule has 150 valence electrons. The van der Waals surface area contributed by atoms with Crippen LogP contribution in [0.5, 0.6) is 0 Å². The molecule has 1 saturated heterocycles. The van der Waals surface area contributed by atoms with Crippen LogP contribution in [0.15, 0.2) is 59.5 Å². The summed E-state index contributed by atoms with van der Waals surface area (Å²) in [6, 6.07) is 12.3. The highest BCUT2D eigenvalue weighted by atomic mass is 32.2. The number of rotatable bonds is 4. The van der Waals surface area contributed by atoms with Crippen molar-refractivity contribution in [3.63, 3.8) is 0 Å². The first-order valence-corrected chi connectivity index (χ1v) is 10.2. The molecule has 1 N–H and O–H groups in total. The molecule has 0 bridgehead atoms. The lowest BCUT2D eigenvalue weighted by atomic mass is 9.98. The van der Waals surface area contributed by atoms with E-state index in [0.717, 1.165) is 12.1 Å². The lowest BCUT2D eigenvalue weighted by Crippen LogP contribution is -2.43. The Morgan fingerprint density at radius 2 is 1.79 bits per heavy atom. The van der Waals surface area contributed by atoms with E-state index in [0.29, 0.717) is 19.4 Å². The molecule has 2 aromatic carbocycles. The van der Waals surface area contributed by atoms with Crippen LogP contribution in [0.3, 0.4) is 0 Å². The van der Waals surface area contributed by atoms with E-state index in [1.54, 1.807) is 18.2 Å². The number of carbonyl (C=O) groups excluding carboxylic acids is 1. The maximum atomic E-state index is 12.8. The molecule has 0 unspecified atom stereocenters. The van der Waals surface area contributed by atoms with Crippen LogP contribution >= 0.6 is 0 Å². The molecule has 1 fully saturated rings. The van der Waals surface area contributed by atoms with Crippen molar-refractivity contribution in [2.45, 2.75) is 23.9 Å². The zero-order valence-electron chi connectivity index (χ0n) is 14.8. The summed E-state index contributed by atoms with van der Waals surface area (Å²) in [7, 11) is -3.72. The van der Waals surface area contributed by atoms with E-state index in [9.17, 15) is 26.4 Å². The average molecular weight is 412 g/mol. The third-order valence-corrected chi connectivity index (χ3v) is 6.47. The third kappa shape index (κ3) is 4.53. The molecule has 1 heterocycles. The summed E-state index contributed by atoms with van der Waals surface area (Å²) >= 11 is 0. The molecule has 1 amide bonds. The van der Waals surface area contributed by atoms with Crippen LogP contribution in [0.1, 0.15) is 18.4 Å². The number of carbonyl (C=O) groups is 1. The second-order valence-corrected chi connectivity index (χ2v) is 8.52. The van der Waals surface area contributed by atoms with Gasteiger partial charge in [0.05, 0.1) is 16.4 Å². The molecule has 5 nitrogen and oxygen atoms in total. The Bertz CT molecular complexity index is 946. The molecule has 1 atom stereocenters. The molecule has 2 aromatic rings. The van der Waals surface area contributed by atoms with Gasteiger partial charge in [-0.05, 0) is 43.2 Å². The van der Waals surface area contributed by atoms with Gasteiger partial charge in [0.15, 0.2) is 0 Å². The number of alkyl halides is 3. The summed E-state index contributed by atoms with van der Waals surface area (Å²) in [6.45, 7) is 0.284. The molecule has 0 radical (unpaired) electrons. The van der Waals surface area contributed by atoms with Gasteiger partial charge < -0.3 is 5.32 Å². The summed E-state index contributed by atoms with van der Waals surface area (Å²) < 4.78 is 65.2. The number of nitrogens with one attached hydrogen (secondary N) is 1. The number of sulfonamides is 1. The second-order valence-electron chi connectivity index (χ2n) is 6.58. The van der Waals surface area contributed by atoms with Gasteiger partial charge in [-0.25, -0.2) is 8.42 Å². The second kappa shape index (κ2) is 7.92. The fraction of sp³-hybridized carbons (Fsp3) is 0.316. The smallest absolute Gasteiger partial charge is 0.326 e. The van der Waals surface area contributed by atoms with E-state index in [-0.39, 0.29) is 17.1 Å². The highest BCUT2D eigenvalue weighted by Crippen LogP contribution is 2.31. The van der Waals surface area contributed by atoms with Crippen LogP contribution in [0.4, 0.5) is 18.9 Å². The summed E-state index contributed by atoms with van der Waals surface area (Å²) in [6.07, 6.45) is -3.55. The van der Waals surface area contributed by atoms with E-state index in [2.05, 4.69) is 5.32 Å². The van der Waals surface area contributed by atoms with E-state index in [4.69, 9.17) is 0 Å². The number of halogens is 3. The van der Waals surface area contributed by atoms with Gasteiger partial charge in [0.2, 0.25) is 15.9 Å². The Kier molecular flexibility index (Phi) is 5.76. The molecule has 3 rings (SSSR count). The minimum atomic E-state index is -4.51. The van der Waals surface area contributed by atoms with Crippen molar-refractivity contribution < 1.29 is 26.4 Å². The number of piperidine rings is 1. The lowest BCUT2D eigenvalue weighted by molar-refractivity contribution is -0.137. The molecule has 0 saturated carbocycles. The van der Waals surface area contributed by atoms with Crippen molar-refractivity contribution in [1.29, 1.82) is 0 Å². The third-order valence-electron chi connectivity index (χ3n) is 4.59. The minimum Gasteiger partial charge on any atom is -0.326 e. The van der Waals surface area contributed by atoms with Crippen molar-refractivity contribution in [1.82, 2.24) is 4.31 Å². The molecule has 28 heavy (non-hydrogen) atoms. The predicted molar refractivity (Wildman–Crippen MR) is 98.0 cm³/mol. The van der Waals surface area contributed by atoms with Gasteiger partial charge in [-0.3, -0.25) is 4.79 Å². The molecular weight excluding hydrogens is 393 g/mol. The fourth-order valence-electron chi connectivity index (χ4n) is 3.13. The van der Waals surface area contributed by atoms with Gasteiger partial charge in [-0.1, -0.05) is 24.3 Å². The molecular formula is C19H19F3N2O3S. The molecule has 9 heteroatoms. The summed E-state index contributed by atoms with van der Waals surface area (Å²) in [5.41, 5.74) is -0.829. The van der Waals surface area contributed by atoms with Crippen molar-refractivity contribution in [3.05, 3.63) is 60.2 Å². The van der Waals surface area contributed by atoms with Crippen molar-refractivity contribution in [3.8, 4) is 0 Å². The van der Waals surface area contributed by atoms with E-state index >= 15 is 0 Å². The largest absolute Gasteiger partial charge is 0.416 e. The number of benzene rings is 2. The highest BCUT2D eigenvalue weighted by molar-refractivity contribution is 7.89. The number of hydrogen-bond donors (Lipinski definition) is 1. The lowest BCUT2D eigenvalue weighted by Gasteiger charge is -2.31. The summed E-state index contributed by atoms with van der Waals surface area (Å²) in [5, 5.41) is 2.48. The minimum absolute atomic E-state index is 0.0119. The Morgan fingerprint density at radius 3 is 2.46 bits per heavy atom. The standard InChI is InChI=1S/C19H19F3N2O3S/c20-19(21,22)15-7-4-8-16(12-15)23-18(25)14-6-5-11-24(13-14)28(26,27)17-9-2-1-3-10-17/h1-4,7-10,12,14H,5-6,11,13H2,(H,23,25)/t14-/m1/s1. The van der Waals surface area contributed by atoms with Crippen LogP contribution in [0, 0.1) is 5.92 Å². The normalized spacial score (nSPS) is 18.6. The molecule has 0 aliphatic carbocycles. The van der Waals surface area contributed by atoms with Crippen molar-refractivity contribution in [2.24, 2.45) is 5.92 Å². The van der Waals surface area contributed by atoms with Crippen molar-refractivity contribution >= 4 is 21.6 Å². The Hall–Kier alpha value is -2.39. The number of anilines is 1. The summed E-state index contributed by atoms with van der Waals surface area (Å²) in [4.78, 5) is 12.7. The number of nitrogens with zero attached hydrogens (tertiary/aromatic N) is 1. The molecule has 0 spiro atoms.